The zero-order valence-corrected chi connectivity index (χ0v) is 85.8. The molecule has 0 saturated carbocycles. The van der Waals surface area contributed by atoms with E-state index < -0.39 is 143 Å². The summed E-state index contributed by atoms with van der Waals surface area (Å²) in [6.07, 6.45) is -1.93. The number of carbonyl (C=O) groups excluding carboxylic acids is 13. The van der Waals surface area contributed by atoms with Crippen molar-refractivity contribution in [1.82, 2.24) is 50.4 Å². The van der Waals surface area contributed by atoms with Crippen LogP contribution in [0.15, 0.2) is 81.2 Å². The Hall–Kier alpha value is -9.41. The molecular weight excluding hydrogens is 1830 g/mol. The van der Waals surface area contributed by atoms with E-state index in [4.69, 9.17) is 33.2 Å². The number of hydrogen-bond donors (Lipinski definition) is 5. The van der Waals surface area contributed by atoms with Crippen molar-refractivity contribution in [1.29, 1.82) is 0 Å². The molecule has 5 N–H and O–H groups in total. The fourth-order valence-corrected chi connectivity index (χ4v) is 21.1. The molecule has 9 amide bonds. The maximum atomic E-state index is 15.1. The number of ketones is 2. The Bertz CT molecular complexity index is 4510. The topological polar surface area (TPSA) is 446 Å². The molecule has 4 unspecified atom stereocenters. The lowest BCUT2D eigenvalue weighted by molar-refractivity contribution is -0.151. The first-order chi connectivity index (χ1) is 64.3. The molecule has 2 fully saturated rings. The van der Waals surface area contributed by atoms with E-state index in [2.05, 4.69) is 25.9 Å². The van der Waals surface area contributed by atoms with Crippen LogP contribution in [0.25, 0.3) is 0 Å². The van der Waals surface area contributed by atoms with Crippen LogP contribution >= 0.6 is 46.2 Å². The van der Waals surface area contributed by atoms with Crippen molar-refractivity contribution in [3.05, 3.63) is 114 Å². The highest BCUT2D eigenvalue weighted by Gasteiger charge is 2.64. The summed E-state index contributed by atoms with van der Waals surface area (Å²) in [5.41, 5.74) is -1.34. The normalized spacial score (nSPS) is 19.0. The average Bonchev–Trinajstić information content (AvgIpc) is 1.59. The summed E-state index contributed by atoms with van der Waals surface area (Å²) in [7, 11) is 7.93. The zero-order valence-electron chi connectivity index (χ0n) is 82.5. The van der Waals surface area contributed by atoms with Gasteiger partial charge in [0.05, 0.1) is 80.2 Å². The number of aromatic nitrogens is 2. The molecule has 16 atom stereocenters. The highest BCUT2D eigenvalue weighted by molar-refractivity contribution is 8.08. The predicted octanol–water partition coefficient (Wildman–Crippen LogP) is 11.4. The third-order valence-electron chi connectivity index (χ3n) is 25.6. The fourth-order valence-electron chi connectivity index (χ4n) is 17.2. The van der Waals surface area contributed by atoms with Gasteiger partial charge >= 0.3 is 23.9 Å². The molecule has 0 radical (unpaired) electrons. The van der Waals surface area contributed by atoms with Crippen LogP contribution in [0.2, 0.25) is 0 Å². The highest BCUT2D eigenvalue weighted by Crippen LogP contribution is 2.44. The SMILES string of the molecule is CC[C@H](C)[C@H](CC(=O)[C@@H](C(C)C)N(C)C(=O)CCCSC1=C(SCCCC(=O)N(C)[C@@H](C(=O)C[C@H](C(=O)N(C)[C@H](C[C@@H](OC(C)=O)c2nc(C(=O)N[C@@H](Cc3ccccc3)C3OC3(C)C(=O)O)cs2)C(C)C)[C@@H](C)CC)C(C)C)C(=O)N(CCOCCOCCOCCC(=O)NC)C1=O)C(=O)N(C)[C@H](C[C@@H](OC(C)=O)c1nc(C(=O)N[C@@H](Cc2ccccc2)C2OC2(C)C(=O)O)cs1)C(C)C. The smallest absolute Gasteiger partial charge is 0.338 e. The van der Waals surface area contributed by atoms with Crippen molar-refractivity contribution in [2.45, 2.75) is 266 Å². The summed E-state index contributed by atoms with van der Waals surface area (Å²) in [6.45, 7) is 28.8. The molecule has 752 valence electrons. The minimum absolute atomic E-state index is 0.000137. The predicted molar refractivity (Wildman–Crippen MR) is 516 cm³/mol. The Morgan fingerprint density at radius 2 is 0.875 bits per heavy atom. The number of hydrogen-bond acceptors (Lipinski definition) is 28. The summed E-state index contributed by atoms with van der Waals surface area (Å²) in [6, 6.07) is 13.9. The number of carboxylic acid groups (broad SMARTS) is 2. The Morgan fingerprint density at radius 1 is 0.515 bits per heavy atom. The average molecular weight is 1970 g/mol. The number of esters is 2. The van der Waals surface area contributed by atoms with Crippen LogP contribution < -0.4 is 16.0 Å². The Balaban J connectivity index is 0.990. The maximum absolute atomic E-state index is 15.1. The number of amides is 9. The van der Waals surface area contributed by atoms with Crippen LogP contribution in [0, 0.1) is 47.3 Å². The molecule has 0 spiro atoms. The van der Waals surface area contributed by atoms with E-state index in [0.29, 0.717) is 12.8 Å². The van der Waals surface area contributed by atoms with Crippen LogP contribution in [0.1, 0.15) is 236 Å². The van der Waals surface area contributed by atoms with E-state index in [1.165, 1.54) is 55.3 Å². The van der Waals surface area contributed by atoms with Gasteiger partial charge in [0.25, 0.3) is 23.6 Å². The third-order valence-corrected chi connectivity index (χ3v) is 30.0. The lowest BCUT2D eigenvalue weighted by Gasteiger charge is -2.37. The Morgan fingerprint density at radius 3 is 1.20 bits per heavy atom. The second-order valence-corrected chi connectivity index (χ2v) is 41.1. The molecule has 2 saturated heterocycles. The van der Waals surface area contributed by atoms with E-state index in [1.807, 2.05) is 144 Å². The number of carbonyl (C=O) groups is 15. The second-order valence-electron chi connectivity index (χ2n) is 37.1. The van der Waals surface area contributed by atoms with E-state index in [1.54, 1.807) is 38.0 Å². The summed E-state index contributed by atoms with van der Waals surface area (Å²) in [5.74, 6) is -11.4. The number of rotatable bonds is 62. The number of epoxide rings is 2. The van der Waals surface area contributed by atoms with Gasteiger partial charge in [-0.2, -0.15) is 0 Å². The van der Waals surface area contributed by atoms with Gasteiger partial charge < -0.3 is 78.9 Å². The minimum Gasteiger partial charge on any atom is -0.479 e. The molecule has 0 bridgehead atoms. The van der Waals surface area contributed by atoms with Crippen molar-refractivity contribution in [3.8, 4) is 0 Å². The van der Waals surface area contributed by atoms with Gasteiger partial charge in [0.2, 0.25) is 29.5 Å². The highest BCUT2D eigenvalue weighted by atomic mass is 32.2. The van der Waals surface area contributed by atoms with E-state index in [9.17, 15) is 72.5 Å². The van der Waals surface area contributed by atoms with Gasteiger partial charge in [-0.25, -0.2) is 19.6 Å². The summed E-state index contributed by atoms with van der Waals surface area (Å²) in [4.78, 5) is 224. The molecule has 5 heterocycles. The van der Waals surface area contributed by atoms with Crippen molar-refractivity contribution in [2.24, 2.45) is 47.3 Å². The number of benzene rings is 2. The molecule has 4 aromatic rings. The van der Waals surface area contributed by atoms with Crippen LogP contribution in [0.3, 0.4) is 0 Å². The van der Waals surface area contributed by atoms with Crippen molar-refractivity contribution >= 4 is 135 Å². The van der Waals surface area contributed by atoms with E-state index in [-0.39, 0.29) is 224 Å². The van der Waals surface area contributed by atoms with Gasteiger partial charge in [0.1, 0.15) is 33.6 Å². The zero-order chi connectivity index (χ0) is 101. The third kappa shape index (κ3) is 31.8. The number of thioether (sulfide) groups is 2. The van der Waals surface area contributed by atoms with Crippen molar-refractivity contribution in [2.75, 3.05) is 92.9 Å². The maximum Gasteiger partial charge on any atom is 0.338 e. The first-order valence-corrected chi connectivity index (χ1v) is 50.7. The standard InChI is InChI=1S/C98H142N10O24S4/c1-22-60(11)66(91(118)104(18)72(56(3)4)52-76(129-62(13)109)89-102-70(54-135-89)87(116)100-68(48-64-32-26-24-27-33-64)85-97(15,131-85)95(122)123)50-74(111)81(58(7)8)106(20)79(114)36-30-46-133-83-84(94(121)108(93(83)120)39-41-127-43-45-128-44-42-126-40-38-78(113)99-17)134-47-31-37-80(115)107(21)82(59(9)10)75(112)51-67(61(12)23-2)92(119)105(19)73(57(5)6)53-77(130-63(14)110)90-103-71(55-136-90)88(117)101-69(49-65-34-28-25-29-35-65)86-98(16,132-86)96(124)125/h24-29,32-35,54-61,66-69,72-73,76-77,81-82,85-86H,22-23,30-31,36-53H2,1-21H3,(H,99,113)(H,100,116)(H,101,117)(H,122,123)(H,124,125)/t60-,61-,66-,67-,68-,69-,72+,73+,76+,77+,81+,82+,85?,86?,97?,98?/m0/s1. The number of Topliss-reactive ketones (excluding diaryl/α,β-unsaturated/α-hetero) is 2. The van der Waals surface area contributed by atoms with Crippen LogP contribution in [-0.2, 0) is 108 Å². The molecule has 38 heteroatoms. The summed E-state index contributed by atoms with van der Waals surface area (Å²) in [5, 5.41) is 31.9. The summed E-state index contributed by atoms with van der Waals surface area (Å²) >= 11 is 4.38. The number of aliphatic carboxylic acids is 2. The summed E-state index contributed by atoms with van der Waals surface area (Å²) < 4.78 is 40.0. The largest absolute Gasteiger partial charge is 0.479 e. The van der Waals surface area contributed by atoms with E-state index in [0.717, 1.165) is 62.2 Å². The lowest BCUT2D eigenvalue weighted by atomic mass is 9.82. The fraction of sp³-hybridized carbons (Fsp3) is 0.643. The molecule has 136 heavy (non-hydrogen) atoms. The van der Waals surface area contributed by atoms with Crippen LogP contribution in [-0.4, -0.2) is 286 Å². The quantitative estimate of drug-likeness (QED) is 0.0119. The van der Waals surface area contributed by atoms with Gasteiger partial charge in [0, 0.05) is 129 Å². The second kappa shape index (κ2) is 53.7. The van der Waals surface area contributed by atoms with Gasteiger partial charge in [-0.3, -0.25) is 67.2 Å². The molecule has 2 aromatic carbocycles. The van der Waals surface area contributed by atoms with Crippen LogP contribution in [0.4, 0.5) is 0 Å². The molecule has 3 aliphatic rings. The number of nitrogens with zero attached hydrogens (tertiary/aromatic N) is 7. The first kappa shape index (κ1) is 114. The minimum atomic E-state index is -1.51. The van der Waals surface area contributed by atoms with Crippen molar-refractivity contribution < 1.29 is 115 Å². The van der Waals surface area contributed by atoms with Gasteiger partial charge in [-0.15, -0.1) is 46.2 Å². The Labute approximate surface area is 815 Å². The van der Waals surface area contributed by atoms with Crippen molar-refractivity contribution in [3.63, 3.8) is 0 Å². The Kier molecular flexibility index (Phi) is 44.8. The lowest BCUT2D eigenvalue weighted by Crippen LogP contribution is -2.49. The number of thiazole rings is 2. The molecule has 0 aliphatic carbocycles. The van der Waals surface area contributed by atoms with Gasteiger partial charge in [-0.1, -0.05) is 157 Å². The number of nitrogens with one attached hydrogen (secondary N) is 3. The van der Waals surface area contributed by atoms with Crippen LogP contribution in [0.5, 0.6) is 0 Å². The van der Waals surface area contributed by atoms with Gasteiger partial charge in [-0.05, 0) is 97.7 Å². The first-order valence-electron chi connectivity index (χ1n) is 46.9. The van der Waals surface area contributed by atoms with Gasteiger partial charge in [0.15, 0.2) is 35.0 Å². The van der Waals surface area contributed by atoms with E-state index >= 15 is 9.59 Å². The molecule has 2 aromatic heterocycles. The number of imide groups is 1. The number of likely N-dealkylation sites (N-methyl/N-ethyl adjacent to an activating group) is 2. The monoisotopic (exact) mass is 1970 g/mol. The molecule has 7 rings (SSSR count). The molecule has 3 aliphatic heterocycles. The molecule has 34 nitrogen and oxygen atoms in total. The number of ether oxygens (including phenoxy) is 7. The molecular formula is C98H142N10O24S4. The number of carboxylic acids is 2.